The lowest BCUT2D eigenvalue weighted by molar-refractivity contribution is -0.384. The number of nitrogens with zero attached hydrogens (tertiary/aromatic N) is 2. The minimum Gasteiger partial charge on any atom is -0.444 e. The van der Waals surface area contributed by atoms with Crippen molar-refractivity contribution in [1.29, 1.82) is 0 Å². The number of nitro groups is 1. The number of alkyl carbamates (subject to hydrolysis) is 1. The van der Waals surface area contributed by atoms with Crippen LogP contribution in [0, 0.1) is 10.1 Å². The summed E-state index contributed by atoms with van der Waals surface area (Å²) in [5.41, 5.74) is 0.717. The van der Waals surface area contributed by atoms with Crippen LogP contribution in [0.5, 0.6) is 0 Å². The summed E-state index contributed by atoms with van der Waals surface area (Å²) < 4.78 is 5.17. The van der Waals surface area contributed by atoms with E-state index in [0.717, 1.165) is 43.8 Å². The Bertz CT molecular complexity index is 668. The molecule has 29 heavy (non-hydrogen) atoms. The van der Waals surface area contributed by atoms with Gasteiger partial charge in [0, 0.05) is 38.8 Å². The number of aliphatic imine (C=N–C) groups is 1. The molecule has 0 unspecified atom stereocenters. The van der Waals surface area contributed by atoms with Gasteiger partial charge in [-0.1, -0.05) is 12.1 Å². The summed E-state index contributed by atoms with van der Waals surface area (Å²) in [6.45, 7) is 7.47. The highest BCUT2D eigenvalue weighted by Gasteiger charge is 2.15. The number of nitro benzene ring substituents is 1. The number of benzene rings is 1. The van der Waals surface area contributed by atoms with Crippen LogP contribution in [-0.2, 0) is 11.2 Å². The molecule has 9 nitrogen and oxygen atoms in total. The summed E-state index contributed by atoms with van der Waals surface area (Å²) in [6, 6.07) is 6.68. The van der Waals surface area contributed by atoms with Crippen LogP contribution in [0.1, 0.15) is 45.6 Å². The molecule has 0 saturated heterocycles. The van der Waals surface area contributed by atoms with Gasteiger partial charge in [0.25, 0.3) is 5.69 Å². The molecule has 1 rings (SSSR count). The summed E-state index contributed by atoms with van der Waals surface area (Å²) in [5.74, 6) is 0.720. The molecule has 0 aliphatic rings. The maximum absolute atomic E-state index is 11.5. The highest BCUT2D eigenvalue weighted by Crippen LogP contribution is 2.13. The highest BCUT2D eigenvalue weighted by atomic mass is 16.6. The van der Waals surface area contributed by atoms with E-state index in [1.54, 1.807) is 19.2 Å². The van der Waals surface area contributed by atoms with Gasteiger partial charge in [-0.15, -0.1) is 0 Å². The number of amides is 1. The molecular weight excluding hydrogens is 374 g/mol. The summed E-state index contributed by atoms with van der Waals surface area (Å²) in [4.78, 5) is 26.0. The van der Waals surface area contributed by atoms with Crippen molar-refractivity contribution in [2.75, 3.05) is 26.7 Å². The first-order chi connectivity index (χ1) is 13.7. The van der Waals surface area contributed by atoms with E-state index < -0.39 is 11.7 Å². The summed E-state index contributed by atoms with van der Waals surface area (Å²) in [5, 5.41) is 19.8. The lowest BCUT2D eigenvalue weighted by Crippen LogP contribution is -2.39. The minimum absolute atomic E-state index is 0.117. The fraction of sp³-hybridized carbons (Fsp3) is 0.600. The number of guanidine groups is 1. The Labute approximate surface area is 172 Å². The highest BCUT2D eigenvalue weighted by molar-refractivity contribution is 5.79. The molecule has 0 saturated carbocycles. The van der Waals surface area contributed by atoms with Crippen molar-refractivity contribution >= 4 is 17.7 Å². The van der Waals surface area contributed by atoms with Crippen LogP contribution in [0.25, 0.3) is 0 Å². The Morgan fingerprint density at radius 3 is 2.17 bits per heavy atom. The van der Waals surface area contributed by atoms with E-state index in [1.165, 1.54) is 12.1 Å². The number of non-ortho nitro benzene ring substituents is 1. The van der Waals surface area contributed by atoms with Crippen molar-refractivity contribution in [3.63, 3.8) is 0 Å². The molecule has 1 amide bonds. The van der Waals surface area contributed by atoms with Crippen LogP contribution in [0.15, 0.2) is 29.3 Å². The molecule has 0 fully saturated rings. The molecule has 1 aromatic carbocycles. The predicted molar refractivity (Wildman–Crippen MR) is 114 cm³/mol. The van der Waals surface area contributed by atoms with Crippen LogP contribution in [0.3, 0.4) is 0 Å². The second-order valence-corrected chi connectivity index (χ2v) is 7.59. The van der Waals surface area contributed by atoms with Crippen molar-refractivity contribution < 1.29 is 14.5 Å². The monoisotopic (exact) mass is 407 g/mol. The number of hydrogen-bond acceptors (Lipinski definition) is 5. The van der Waals surface area contributed by atoms with E-state index in [1.807, 2.05) is 20.8 Å². The van der Waals surface area contributed by atoms with E-state index in [0.29, 0.717) is 13.1 Å². The normalized spacial score (nSPS) is 11.7. The lowest BCUT2D eigenvalue weighted by Gasteiger charge is -2.19. The Kier molecular flexibility index (Phi) is 10.5. The molecule has 3 N–H and O–H groups in total. The molecule has 9 heteroatoms. The molecule has 0 aliphatic heterocycles. The van der Waals surface area contributed by atoms with Crippen LogP contribution >= 0.6 is 0 Å². The maximum atomic E-state index is 11.5. The number of aryl methyl sites for hydroxylation is 1. The number of unbranched alkanes of at least 4 members (excludes halogenated alkanes) is 1. The van der Waals surface area contributed by atoms with Gasteiger partial charge < -0.3 is 20.7 Å². The van der Waals surface area contributed by atoms with Gasteiger partial charge in [0.15, 0.2) is 5.96 Å². The Balaban J connectivity index is 2.11. The number of hydrogen-bond donors (Lipinski definition) is 3. The number of carbonyl (C=O) groups is 1. The third-order valence-corrected chi connectivity index (χ3v) is 3.87. The summed E-state index contributed by atoms with van der Waals surface area (Å²) >= 11 is 0. The van der Waals surface area contributed by atoms with E-state index in [-0.39, 0.29) is 10.6 Å². The number of rotatable bonds is 10. The zero-order valence-corrected chi connectivity index (χ0v) is 17.8. The third-order valence-electron chi connectivity index (χ3n) is 3.87. The molecule has 162 valence electrons. The van der Waals surface area contributed by atoms with Gasteiger partial charge >= 0.3 is 6.09 Å². The van der Waals surface area contributed by atoms with Gasteiger partial charge in [-0.3, -0.25) is 15.1 Å². The van der Waals surface area contributed by atoms with E-state index >= 15 is 0 Å². The first-order valence-electron chi connectivity index (χ1n) is 9.86. The molecule has 0 radical (unpaired) electrons. The molecule has 0 aromatic heterocycles. The fourth-order valence-corrected chi connectivity index (χ4v) is 2.47. The summed E-state index contributed by atoms with van der Waals surface area (Å²) in [6.07, 6.45) is 3.15. The van der Waals surface area contributed by atoms with Crippen LogP contribution in [0.2, 0.25) is 0 Å². The standard InChI is InChI=1S/C20H33N5O4/c1-20(2,3)29-19(26)24-15-7-14-23-18(21-4)22-13-6-5-8-16-9-11-17(12-10-16)25(27)28/h9-12H,5-8,13-15H2,1-4H3,(H,24,26)(H2,21,22,23). The second kappa shape index (κ2) is 12.6. The number of ether oxygens (including phenoxy) is 1. The average molecular weight is 408 g/mol. The quantitative estimate of drug-likeness (QED) is 0.180. The molecule has 0 heterocycles. The predicted octanol–water partition coefficient (Wildman–Crippen LogP) is 3.00. The Hall–Kier alpha value is -2.84. The van der Waals surface area contributed by atoms with Crippen molar-refractivity contribution in [1.82, 2.24) is 16.0 Å². The van der Waals surface area contributed by atoms with Gasteiger partial charge in [0.1, 0.15) is 5.60 Å². The van der Waals surface area contributed by atoms with Gasteiger partial charge in [0.05, 0.1) is 4.92 Å². The lowest BCUT2D eigenvalue weighted by atomic mass is 10.1. The molecule has 0 aliphatic carbocycles. The van der Waals surface area contributed by atoms with E-state index in [9.17, 15) is 14.9 Å². The molecular formula is C20H33N5O4. The molecule has 0 atom stereocenters. The van der Waals surface area contributed by atoms with Gasteiger partial charge in [0.2, 0.25) is 0 Å². The van der Waals surface area contributed by atoms with Crippen molar-refractivity contribution in [2.45, 2.75) is 52.1 Å². The number of carbonyl (C=O) groups excluding carboxylic acids is 1. The smallest absolute Gasteiger partial charge is 0.407 e. The first kappa shape index (κ1) is 24.2. The van der Waals surface area contributed by atoms with Crippen LogP contribution < -0.4 is 16.0 Å². The Morgan fingerprint density at radius 2 is 1.62 bits per heavy atom. The second-order valence-electron chi connectivity index (χ2n) is 7.59. The van der Waals surface area contributed by atoms with Crippen molar-refractivity contribution in [2.24, 2.45) is 4.99 Å². The van der Waals surface area contributed by atoms with Gasteiger partial charge in [-0.2, -0.15) is 0 Å². The largest absolute Gasteiger partial charge is 0.444 e. The zero-order valence-electron chi connectivity index (χ0n) is 17.8. The molecule has 0 spiro atoms. The van der Waals surface area contributed by atoms with E-state index in [2.05, 4.69) is 20.9 Å². The minimum atomic E-state index is -0.493. The summed E-state index contributed by atoms with van der Waals surface area (Å²) in [7, 11) is 1.71. The van der Waals surface area contributed by atoms with Gasteiger partial charge in [-0.25, -0.2) is 4.79 Å². The fourth-order valence-electron chi connectivity index (χ4n) is 2.47. The average Bonchev–Trinajstić information content (AvgIpc) is 2.64. The Morgan fingerprint density at radius 1 is 1.03 bits per heavy atom. The van der Waals surface area contributed by atoms with Crippen molar-refractivity contribution in [3.05, 3.63) is 39.9 Å². The SMILES string of the molecule is CN=C(NCCCCc1ccc([N+](=O)[O-])cc1)NCCCNC(=O)OC(C)(C)C. The first-order valence-corrected chi connectivity index (χ1v) is 9.86. The molecule has 0 bridgehead atoms. The topological polar surface area (TPSA) is 118 Å². The number of nitrogens with one attached hydrogen (secondary N) is 3. The maximum Gasteiger partial charge on any atom is 0.407 e. The zero-order chi connectivity index (χ0) is 21.7. The molecule has 1 aromatic rings. The van der Waals surface area contributed by atoms with E-state index in [4.69, 9.17) is 4.74 Å². The third kappa shape index (κ3) is 11.6. The van der Waals surface area contributed by atoms with Crippen molar-refractivity contribution in [3.8, 4) is 0 Å². The van der Waals surface area contributed by atoms with Crippen LogP contribution in [-0.4, -0.2) is 49.3 Å². The van der Waals surface area contributed by atoms with Crippen LogP contribution in [0.4, 0.5) is 10.5 Å². The van der Waals surface area contributed by atoms with Gasteiger partial charge in [-0.05, 0) is 52.0 Å².